The lowest BCUT2D eigenvalue weighted by atomic mass is 9.87. The summed E-state index contributed by atoms with van der Waals surface area (Å²) in [4.78, 5) is 16.0. The summed E-state index contributed by atoms with van der Waals surface area (Å²) in [5.74, 6) is 0. The lowest BCUT2D eigenvalue weighted by Gasteiger charge is -2.18. The summed E-state index contributed by atoms with van der Waals surface area (Å²) in [6, 6.07) is 14.8. The SMILES string of the molecule is C=O.C=O.CNc1ccc(Cl)cc1-n1nnc(CNC(C)C)c1C.Cc1ccc(C(C)(C)C)cc1. The van der Waals surface area contributed by atoms with Gasteiger partial charge in [0.05, 0.1) is 22.8 Å². The van der Waals surface area contributed by atoms with Gasteiger partial charge in [0.15, 0.2) is 0 Å². The molecule has 0 saturated heterocycles. The molecule has 2 aromatic carbocycles. The van der Waals surface area contributed by atoms with Crippen molar-refractivity contribution in [3.63, 3.8) is 0 Å². The van der Waals surface area contributed by atoms with Crippen LogP contribution in [0.15, 0.2) is 42.5 Å². The number of rotatable bonds is 5. The number of carbonyl (C=O) groups is 2. The maximum absolute atomic E-state index is 8.00. The molecule has 0 fully saturated rings. The Morgan fingerprint density at radius 1 is 1.00 bits per heavy atom. The van der Waals surface area contributed by atoms with E-state index in [9.17, 15) is 0 Å². The molecule has 2 N–H and O–H groups in total. The van der Waals surface area contributed by atoms with E-state index < -0.39 is 0 Å². The maximum Gasteiger partial charge on any atom is 0.106 e. The quantitative estimate of drug-likeness (QED) is 0.466. The Hall–Kier alpha value is -3.03. The van der Waals surface area contributed by atoms with E-state index in [2.05, 4.69) is 86.8 Å². The Bertz CT molecular complexity index is 1010. The summed E-state index contributed by atoms with van der Waals surface area (Å²) in [7, 11) is 1.88. The van der Waals surface area contributed by atoms with Crippen LogP contribution in [0.1, 0.15) is 57.1 Å². The summed E-state index contributed by atoms with van der Waals surface area (Å²) >= 11 is 6.08. The van der Waals surface area contributed by atoms with E-state index in [1.165, 1.54) is 11.1 Å². The number of aryl methyl sites for hydroxylation is 1. The van der Waals surface area contributed by atoms with Gasteiger partial charge in [-0.05, 0) is 43.0 Å². The number of carbonyl (C=O) groups excluding carboxylic acids is 2. The molecule has 0 saturated carbocycles. The highest BCUT2D eigenvalue weighted by atomic mass is 35.5. The van der Waals surface area contributed by atoms with Crippen LogP contribution in [-0.4, -0.2) is 41.7 Å². The molecule has 0 aliphatic rings. The van der Waals surface area contributed by atoms with Gasteiger partial charge in [-0.15, -0.1) is 5.10 Å². The second-order valence-corrected chi connectivity index (χ2v) is 9.53. The molecule has 0 amide bonds. The summed E-state index contributed by atoms with van der Waals surface area (Å²) < 4.78 is 1.81. The fourth-order valence-corrected chi connectivity index (χ4v) is 3.16. The van der Waals surface area contributed by atoms with Crippen molar-refractivity contribution in [2.45, 2.75) is 66.5 Å². The molecule has 0 bridgehead atoms. The highest BCUT2D eigenvalue weighted by molar-refractivity contribution is 6.30. The fraction of sp³-hybridized carbons (Fsp3) is 0.407. The third-order valence-corrected chi connectivity index (χ3v) is 5.28. The monoisotopic (exact) mass is 501 g/mol. The lowest BCUT2D eigenvalue weighted by Crippen LogP contribution is -2.22. The second-order valence-electron chi connectivity index (χ2n) is 9.10. The van der Waals surface area contributed by atoms with Crippen LogP contribution in [0.3, 0.4) is 0 Å². The molecule has 3 aromatic rings. The van der Waals surface area contributed by atoms with Crippen molar-refractivity contribution in [3.05, 3.63) is 70.0 Å². The van der Waals surface area contributed by atoms with Crippen molar-refractivity contribution in [1.82, 2.24) is 20.3 Å². The third-order valence-electron chi connectivity index (χ3n) is 5.04. The molecular weight excluding hydrogens is 462 g/mol. The molecule has 1 heterocycles. The van der Waals surface area contributed by atoms with Crippen LogP contribution in [0.5, 0.6) is 0 Å². The highest BCUT2D eigenvalue weighted by Gasteiger charge is 2.14. The van der Waals surface area contributed by atoms with Gasteiger partial charge in [-0.2, -0.15) is 0 Å². The van der Waals surface area contributed by atoms with E-state index in [1.807, 2.05) is 50.4 Å². The summed E-state index contributed by atoms with van der Waals surface area (Å²) in [5, 5.41) is 15.7. The number of hydrogen-bond acceptors (Lipinski definition) is 6. The number of aromatic nitrogens is 3. The number of benzene rings is 2. The Labute approximate surface area is 215 Å². The van der Waals surface area contributed by atoms with E-state index in [4.69, 9.17) is 21.2 Å². The predicted molar refractivity (Wildman–Crippen MR) is 147 cm³/mol. The van der Waals surface area contributed by atoms with Crippen LogP contribution in [0, 0.1) is 13.8 Å². The first-order valence-corrected chi connectivity index (χ1v) is 11.7. The number of halogens is 1. The topological polar surface area (TPSA) is 88.9 Å². The van der Waals surface area contributed by atoms with Crippen LogP contribution in [0.4, 0.5) is 5.69 Å². The molecule has 0 radical (unpaired) electrons. The van der Waals surface area contributed by atoms with E-state index in [-0.39, 0.29) is 5.41 Å². The average molecular weight is 502 g/mol. The van der Waals surface area contributed by atoms with Crippen LogP contribution < -0.4 is 10.6 Å². The molecule has 35 heavy (non-hydrogen) atoms. The zero-order chi connectivity index (χ0) is 27.2. The minimum Gasteiger partial charge on any atom is -0.386 e. The van der Waals surface area contributed by atoms with Gasteiger partial charge in [0.2, 0.25) is 0 Å². The van der Waals surface area contributed by atoms with Crippen molar-refractivity contribution >= 4 is 30.9 Å². The molecule has 3 rings (SSSR count). The first kappa shape index (κ1) is 32.0. The Kier molecular flexibility index (Phi) is 14.4. The minimum atomic E-state index is 0.285. The number of nitrogens with one attached hydrogen (secondary N) is 2. The largest absolute Gasteiger partial charge is 0.386 e. The molecule has 1 aromatic heterocycles. The van der Waals surface area contributed by atoms with Gasteiger partial charge in [-0.3, -0.25) is 0 Å². The summed E-state index contributed by atoms with van der Waals surface area (Å²) in [6.45, 7) is 19.8. The molecule has 0 atom stereocenters. The van der Waals surface area contributed by atoms with Gasteiger partial charge < -0.3 is 20.2 Å². The Balaban J connectivity index is 0.000000652. The third kappa shape index (κ3) is 10.4. The number of anilines is 1. The summed E-state index contributed by atoms with van der Waals surface area (Å²) in [5.41, 5.74) is 6.85. The molecule has 0 aliphatic heterocycles. The van der Waals surface area contributed by atoms with E-state index >= 15 is 0 Å². The van der Waals surface area contributed by atoms with Crippen LogP contribution in [0.25, 0.3) is 5.69 Å². The lowest BCUT2D eigenvalue weighted by molar-refractivity contribution is -0.0987. The van der Waals surface area contributed by atoms with Crippen LogP contribution in [-0.2, 0) is 21.5 Å². The Morgan fingerprint density at radius 3 is 2.06 bits per heavy atom. The van der Waals surface area contributed by atoms with Crippen LogP contribution in [0.2, 0.25) is 5.02 Å². The van der Waals surface area contributed by atoms with Crippen molar-refractivity contribution in [1.29, 1.82) is 0 Å². The van der Waals surface area contributed by atoms with Gasteiger partial charge in [0, 0.05) is 24.7 Å². The first-order chi connectivity index (χ1) is 16.5. The zero-order valence-electron chi connectivity index (χ0n) is 22.3. The molecule has 0 aliphatic carbocycles. The van der Waals surface area contributed by atoms with Gasteiger partial charge in [0.1, 0.15) is 13.6 Å². The number of hydrogen-bond donors (Lipinski definition) is 2. The fourth-order valence-electron chi connectivity index (χ4n) is 3.00. The normalized spacial score (nSPS) is 10.2. The number of nitrogens with zero attached hydrogens (tertiary/aromatic N) is 3. The molecule has 0 spiro atoms. The molecule has 192 valence electrons. The highest BCUT2D eigenvalue weighted by Crippen LogP contribution is 2.25. The van der Waals surface area contributed by atoms with Crippen molar-refractivity contribution in [3.8, 4) is 5.69 Å². The van der Waals surface area contributed by atoms with Crippen molar-refractivity contribution < 1.29 is 9.59 Å². The smallest absolute Gasteiger partial charge is 0.106 e. The molecular formula is C27H40ClN5O2. The maximum atomic E-state index is 8.00. The van der Waals surface area contributed by atoms with Gasteiger partial charge in [0.25, 0.3) is 0 Å². The van der Waals surface area contributed by atoms with Gasteiger partial charge in [-0.1, -0.05) is 81.3 Å². The van der Waals surface area contributed by atoms with Gasteiger partial charge in [-0.25, -0.2) is 4.68 Å². The van der Waals surface area contributed by atoms with E-state index in [1.54, 1.807) is 0 Å². The minimum absolute atomic E-state index is 0.285. The average Bonchev–Trinajstić information content (AvgIpc) is 3.20. The first-order valence-electron chi connectivity index (χ1n) is 11.3. The molecule has 0 unspecified atom stereocenters. The molecule has 8 heteroatoms. The summed E-state index contributed by atoms with van der Waals surface area (Å²) in [6.07, 6.45) is 0. The van der Waals surface area contributed by atoms with Crippen molar-refractivity contribution in [2.24, 2.45) is 0 Å². The van der Waals surface area contributed by atoms with E-state index in [0.29, 0.717) is 17.6 Å². The van der Waals surface area contributed by atoms with E-state index in [0.717, 1.165) is 22.8 Å². The predicted octanol–water partition coefficient (Wildman–Crippen LogP) is 5.69. The van der Waals surface area contributed by atoms with Crippen LogP contribution >= 0.6 is 11.6 Å². The van der Waals surface area contributed by atoms with Crippen molar-refractivity contribution in [2.75, 3.05) is 12.4 Å². The van der Waals surface area contributed by atoms with Gasteiger partial charge >= 0.3 is 0 Å². The standard InChI is InChI=1S/C14H20ClN5.C11H16.2CH2O/c1-9(2)17-8-13-10(3)20(19-18-13)14-7-11(15)5-6-12(14)16-4;1-9-5-7-10(8-6-9)11(2,3)4;2*1-2/h5-7,9,16-17H,8H2,1-4H3;5-8H,1-4H3;2*1H2. The Morgan fingerprint density at radius 2 is 1.57 bits per heavy atom. The molecule has 7 nitrogen and oxygen atoms in total. The second kappa shape index (κ2) is 15.8. The zero-order valence-corrected chi connectivity index (χ0v) is 23.0.